The summed E-state index contributed by atoms with van der Waals surface area (Å²) in [5, 5.41) is 2.94. The maximum Gasteiger partial charge on any atom is 0.340 e. The first kappa shape index (κ1) is 18.5. The van der Waals surface area contributed by atoms with Gasteiger partial charge in [-0.15, -0.1) is 0 Å². The molecular formula is C20H16ClNO5. The summed E-state index contributed by atoms with van der Waals surface area (Å²) in [5.41, 5.74) is 0.915. The van der Waals surface area contributed by atoms with Crippen LogP contribution in [0.4, 0.5) is 5.69 Å². The van der Waals surface area contributed by atoms with Gasteiger partial charge in [0.15, 0.2) is 0 Å². The summed E-state index contributed by atoms with van der Waals surface area (Å²) >= 11 is 6.10. The van der Waals surface area contributed by atoms with E-state index in [2.05, 4.69) is 5.32 Å². The number of para-hydroxylation sites is 1. The highest BCUT2D eigenvalue weighted by atomic mass is 35.5. The Morgan fingerprint density at radius 1 is 1.07 bits per heavy atom. The van der Waals surface area contributed by atoms with Crippen molar-refractivity contribution in [1.29, 1.82) is 0 Å². The molecule has 6 nitrogen and oxygen atoms in total. The lowest BCUT2D eigenvalue weighted by atomic mass is 10.1. The van der Waals surface area contributed by atoms with E-state index in [0.717, 1.165) is 0 Å². The van der Waals surface area contributed by atoms with Gasteiger partial charge in [-0.3, -0.25) is 4.79 Å². The van der Waals surface area contributed by atoms with Crippen LogP contribution in [0.15, 0.2) is 65.3 Å². The zero-order valence-electron chi connectivity index (χ0n) is 14.4. The van der Waals surface area contributed by atoms with Crippen LogP contribution in [0.25, 0.3) is 0 Å². The summed E-state index contributed by atoms with van der Waals surface area (Å²) < 4.78 is 15.5. The molecule has 1 heterocycles. The maximum atomic E-state index is 12.5. The van der Waals surface area contributed by atoms with Gasteiger partial charge in [-0.05, 0) is 42.5 Å². The fourth-order valence-electron chi connectivity index (χ4n) is 2.40. The number of anilines is 1. The third-order valence-electron chi connectivity index (χ3n) is 3.72. The van der Waals surface area contributed by atoms with Crippen molar-refractivity contribution in [2.75, 3.05) is 12.4 Å². The molecule has 0 atom stereocenters. The van der Waals surface area contributed by atoms with E-state index in [0.29, 0.717) is 22.8 Å². The molecule has 138 valence electrons. The molecule has 0 bridgehead atoms. The highest BCUT2D eigenvalue weighted by Crippen LogP contribution is 2.24. The van der Waals surface area contributed by atoms with Crippen LogP contribution in [-0.2, 0) is 11.3 Å². The van der Waals surface area contributed by atoms with Crippen LogP contribution >= 0.6 is 11.6 Å². The lowest BCUT2D eigenvalue weighted by molar-refractivity contribution is 0.0445. The Morgan fingerprint density at radius 2 is 1.89 bits per heavy atom. The molecule has 0 aliphatic heterocycles. The number of ether oxygens (including phenoxy) is 2. The number of furan rings is 1. The van der Waals surface area contributed by atoms with Crippen molar-refractivity contribution in [2.24, 2.45) is 0 Å². The molecule has 2 aromatic carbocycles. The molecule has 0 unspecified atom stereocenters. The molecule has 3 aromatic rings. The highest BCUT2D eigenvalue weighted by molar-refractivity contribution is 6.33. The van der Waals surface area contributed by atoms with Crippen molar-refractivity contribution in [2.45, 2.75) is 6.61 Å². The van der Waals surface area contributed by atoms with Gasteiger partial charge in [-0.2, -0.15) is 0 Å². The molecule has 0 fully saturated rings. The second-order valence-corrected chi connectivity index (χ2v) is 5.91. The van der Waals surface area contributed by atoms with Gasteiger partial charge in [-0.25, -0.2) is 4.79 Å². The number of rotatable bonds is 6. The smallest absolute Gasteiger partial charge is 0.340 e. The number of benzene rings is 2. The van der Waals surface area contributed by atoms with Crippen LogP contribution in [0.3, 0.4) is 0 Å². The third kappa shape index (κ3) is 4.48. The van der Waals surface area contributed by atoms with Crippen LogP contribution in [0, 0.1) is 0 Å². The normalized spacial score (nSPS) is 10.3. The second-order valence-electron chi connectivity index (χ2n) is 5.50. The van der Waals surface area contributed by atoms with Gasteiger partial charge in [0.05, 0.1) is 29.5 Å². The summed E-state index contributed by atoms with van der Waals surface area (Å²) in [6.07, 6.45) is 1.49. The van der Waals surface area contributed by atoms with Gasteiger partial charge in [0.2, 0.25) is 0 Å². The Balaban J connectivity index is 1.74. The molecule has 3 rings (SSSR count). The molecule has 1 amide bonds. The van der Waals surface area contributed by atoms with Crippen LogP contribution in [0.2, 0.25) is 5.02 Å². The minimum absolute atomic E-state index is 0.0139. The van der Waals surface area contributed by atoms with Crippen molar-refractivity contribution in [3.05, 3.63) is 82.8 Å². The number of hydrogen-bond donors (Lipinski definition) is 1. The number of carbonyl (C=O) groups is 2. The summed E-state index contributed by atoms with van der Waals surface area (Å²) in [5.74, 6) is -0.0309. The molecular weight excluding hydrogens is 370 g/mol. The molecule has 0 saturated heterocycles. The number of hydrogen-bond acceptors (Lipinski definition) is 5. The Hall–Kier alpha value is -3.25. The lowest BCUT2D eigenvalue weighted by Crippen LogP contribution is -2.14. The predicted molar refractivity (Wildman–Crippen MR) is 100 cm³/mol. The van der Waals surface area contributed by atoms with Crippen molar-refractivity contribution in [3.63, 3.8) is 0 Å². The van der Waals surface area contributed by atoms with E-state index < -0.39 is 5.97 Å². The molecule has 7 heteroatoms. The molecule has 0 aliphatic rings. The largest absolute Gasteiger partial charge is 0.496 e. The molecule has 0 radical (unpaired) electrons. The molecule has 0 aliphatic carbocycles. The topological polar surface area (TPSA) is 77.8 Å². The number of esters is 1. The quantitative estimate of drug-likeness (QED) is 0.630. The number of amides is 1. The molecule has 0 spiro atoms. The van der Waals surface area contributed by atoms with Crippen molar-refractivity contribution < 1.29 is 23.5 Å². The minimum atomic E-state index is -0.621. The Labute approximate surface area is 160 Å². The monoisotopic (exact) mass is 385 g/mol. The van der Waals surface area contributed by atoms with E-state index in [9.17, 15) is 9.59 Å². The number of halogens is 1. The van der Waals surface area contributed by atoms with Gasteiger partial charge in [0.1, 0.15) is 18.1 Å². The Morgan fingerprint density at radius 3 is 2.63 bits per heavy atom. The summed E-state index contributed by atoms with van der Waals surface area (Å²) in [6, 6.07) is 14.8. The van der Waals surface area contributed by atoms with Crippen molar-refractivity contribution in [3.8, 4) is 5.75 Å². The molecule has 1 aromatic heterocycles. The molecule has 27 heavy (non-hydrogen) atoms. The third-order valence-corrected chi connectivity index (χ3v) is 4.05. The fourth-order valence-corrected chi connectivity index (χ4v) is 2.59. The highest BCUT2D eigenvalue weighted by Gasteiger charge is 2.16. The van der Waals surface area contributed by atoms with Gasteiger partial charge >= 0.3 is 5.97 Å². The zero-order chi connectivity index (χ0) is 19.2. The average Bonchev–Trinajstić information content (AvgIpc) is 3.21. The zero-order valence-corrected chi connectivity index (χ0v) is 15.2. The maximum absolute atomic E-state index is 12.5. The summed E-state index contributed by atoms with van der Waals surface area (Å²) in [4.78, 5) is 24.8. The van der Waals surface area contributed by atoms with Crippen LogP contribution in [0.5, 0.6) is 5.75 Å². The van der Waals surface area contributed by atoms with E-state index in [1.807, 2.05) is 0 Å². The first-order valence-electron chi connectivity index (χ1n) is 8.02. The van der Waals surface area contributed by atoms with Crippen LogP contribution in [-0.4, -0.2) is 19.0 Å². The number of nitrogens with one attached hydrogen (secondary N) is 1. The van der Waals surface area contributed by atoms with Crippen LogP contribution in [0.1, 0.15) is 26.5 Å². The van der Waals surface area contributed by atoms with E-state index in [-0.39, 0.29) is 23.1 Å². The minimum Gasteiger partial charge on any atom is -0.496 e. The first-order chi connectivity index (χ1) is 13.1. The van der Waals surface area contributed by atoms with E-state index >= 15 is 0 Å². The van der Waals surface area contributed by atoms with Crippen molar-refractivity contribution in [1.82, 2.24) is 0 Å². The van der Waals surface area contributed by atoms with Gasteiger partial charge < -0.3 is 19.2 Å². The molecule has 1 N–H and O–H groups in total. The van der Waals surface area contributed by atoms with Gasteiger partial charge in [-0.1, -0.05) is 23.7 Å². The van der Waals surface area contributed by atoms with Gasteiger partial charge in [0, 0.05) is 5.69 Å². The average molecular weight is 386 g/mol. The standard InChI is InChI=1S/C20H16ClNO5/c1-25-18-7-3-2-6-15(18)19(23)22-13-8-9-17(21)16(11-13)20(24)27-12-14-5-4-10-26-14/h2-11H,12H2,1H3,(H,22,23). The first-order valence-corrected chi connectivity index (χ1v) is 8.39. The Bertz CT molecular complexity index is 953. The second kappa shape index (κ2) is 8.42. The van der Waals surface area contributed by atoms with Crippen LogP contribution < -0.4 is 10.1 Å². The summed E-state index contributed by atoms with van der Waals surface area (Å²) in [6.45, 7) is -0.0139. The fraction of sp³-hybridized carbons (Fsp3) is 0.100. The summed E-state index contributed by atoms with van der Waals surface area (Å²) in [7, 11) is 1.49. The van der Waals surface area contributed by atoms with Crippen molar-refractivity contribution >= 4 is 29.2 Å². The molecule has 0 saturated carbocycles. The number of carbonyl (C=O) groups excluding carboxylic acids is 2. The lowest BCUT2D eigenvalue weighted by Gasteiger charge is -2.11. The number of methoxy groups -OCH3 is 1. The Kier molecular flexibility index (Phi) is 5.78. The predicted octanol–water partition coefficient (Wildman–Crippen LogP) is 4.55. The van der Waals surface area contributed by atoms with E-state index in [1.165, 1.54) is 25.5 Å². The van der Waals surface area contributed by atoms with E-state index in [1.54, 1.807) is 42.5 Å². The SMILES string of the molecule is COc1ccccc1C(=O)Nc1ccc(Cl)c(C(=O)OCc2ccco2)c1. The van der Waals surface area contributed by atoms with Gasteiger partial charge in [0.25, 0.3) is 5.91 Å². The van der Waals surface area contributed by atoms with E-state index in [4.69, 9.17) is 25.5 Å².